The molecule has 1 unspecified atom stereocenters. The van der Waals surface area contributed by atoms with Crippen molar-refractivity contribution >= 4 is 27.6 Å². The number of rotatable bonds is 3. The van der Waals surface area contributed by atoms with Crippen LogP contribution in [0.5, 0.6) is 5.75 Å². The van der Waals surface area contributed by atoms with Crippen LogP contribution in [0.15, 0.2) is 35.3 Å². The number of alkyl halides is 6. The molecule has 1 aromatic carbocycles. The fraction of sp³-hybridized carbons (Fsp3) is 0.400. The number of hydrogen-bond donors (Lipinski definition) is 2. The van der Waals surface area contributed by atoms with Crippen molar-refractivity contribution in [2.45, 2.75) is 18.6 Å². The van der Waals surface area contributed by atoms with E-state index in [0.29, 0.717) is 4.47 Å². The van der Waals surface area contributed by atoms with Crippen molar-refractivity contribution in [3.05, 3.63) is 35.3 Å². The highest BCUT2D eigenvalue weighted by molar-refractivity contribution is 9.10. The van der Waals surface area contributed by atoms with E-state index in [1.807, 2.05) is 6.08 Å². The van der Waals surface area contributed by atoms with Gasteiger partial charge in [-0.05, 0) is 34.1 Å². The van der Waals surface area contributed by atoms with Gasteiger partial charge in [-0.1, -0.05) is 6.08 Å². The molecule has 1 fully saturated rings. The van der Waals surface area contributed by atoms with Gasteiger partial charge in [-0.15, -0.1) is 19.8 Å². The molecule has 2 N–H and O–H groups in total. The number of halogens is 7. The number of anilines is 1. The van der Waals surface area contributed by atoms with Crippen LogP contribution < -0.4 is 15.0 Å². The first kappa shape index (κ1) is 23.1. The first-order valence-electron chi connectivity index (χ1n) is 7.30. The number of aliphatic carboxylic acids is 1. The molecule has 27 heavy (non-hydrogen) atoms. The van der Waals surface area contributed by atoms with E-state index in [0.717, 1.165) is 25.3 Å². The summed E-state index contributed by atoms with van der Waals surface area (Å²) in [5.74, 6) is -2.99. The fourth-order valence-corrected chi connectivity index (χ4v) is 2.74. The molecule has 12 heteroatoms. The summed E-state index contributed by atoms with van der Waals surface area (Å²) < 4.78 is 72.7. The molecule has 0 bridgehead atoms. The fourth-order valence-electron chi connectivity index (χ4n) is 2.15. The van der Waals surface area contributed by atoms with Crippen molar-refractivity contribution in [3.63, 3.8) is 0 Å². The van der Waals surface area contributed by atoms with Gasteiger partial charge in [0.25, 0.3) is 0 Å². The highest BCUT2D eigenvalue weighted by atomic mass is 79.9. The summed E-state index contributed by atoms with van der Waals surface area (Å²) in [5, 5.41) is 10.4. The quantitative estimate of drug-likeness (QED) is 0.523. The van der Waals surface area contributed by atoms with E-state index in [1.54, 1.807) is 6.07 Å². The molecule has 5 nitrogen and oxygen atoms in total. The molecule has 0 amide bonds. The van der Waals surface area contributed by atoms with Crippen molar-refractivity contribution in [1.82, 2.24) is 5.32 Å². The summed E-state index contributed by atoms with van der Waals surface area (Å²) in [6.45, 7) is 6.12. The average molecular weight is 465 g/mol. The molecule has 0 aliphatic carbocycles. The van der Waals surface area contributed by atoms with Crippen LogP contribution in [0.1, 0.15) is 0 Å². The Hall–Kier alpha value is -1.95. The minimum Gasteiger partial charge on any atom is -0.475 e. The molecule has 1 aromatic rings. The standard InChI is InChI=1S/C13H14BrF3N2O.C2HF3O2/c1-2-9-8-18-5-6-19(9)12-4-3-10(7-11(12)14)20-13(15,16)17;3-2(4,5)1(6)7/h2-4,7,9,18H,1,5-6,8H2;(H,6,7). The Bertz CT molecular complexity index is 666. The van der Waals surface area contributed by atoms with Gasteiger partial charge in [-0.25, -0.2) is 4.79 Å². The predicted molar refractivity (Wildman–Crippen MR) is 88.7 cm³/mol. The minimum atomic E-state index is -5.08. The molecule has 1 saturated heterocycles. The van der Waals surface area contributed by atoms with Crippen LogP contribution >= 0.6 is 15.9 Å². The summed E-state index contributed by atoms with van der Waals surface area (Å²) in [4.78, 5) is 11.0. The maximum Gasteiger partial charge on any atom is 0.573 e. The molecule has 1 atom stereocenters. The van der Waals surface area contributed by atoms with Crippen LogP contribution in [0.4, 0.5) is 32.0 Å². The zero-order valence-electron chi connectivity index (χ0n) is 13.6. The summed E-state index contributed by atoms with van der Waals surface area (Å²) in [6.07, 6.45) is -7.95. The number of hydrogen-bond acceptors (Lipinski definition) is 4. The summed E-state index contributed by atoms with van der Waals surface area (Å²) >= 11 is 3.30. The monoisotopic (exact) mass is 464 g/mol. The van der Waals surface area contributed by atoms with E-state index in [4.69, 9.17) is 9.90 Å². The first-order valence-corrected chi connectivity index (χ1v) is 8.09. The second-order valence-corrected chi connectivity index (χ2v) is 6.02. The van der Waals surface area contributed by atoms with Crippen molar-refractivity contribution in [2.24, 2.45) is 0 Å². The highest BCUT2D eigenvalue weighted by Gasteiger charge is 2.38. The Kier molecular flexibility index (Phi) is 7.96. The largest absolute Gasteiger partial charge is 0.573 e. The van der Waals surface area contributed by atoms with E-state index in [1.165, 1.54) is 12.1 Å². The maximum atomic E-state index is 12.2. The number of piperazine rings is 1. The molecule has 1 heterocycles. The summed E-state index contributed by atoms with van der Waals surface area (Å²) in [6, 6.07) is 4.36. The Morgan fingerprint density at radius 2 is 1.93 bits per heavy atom. The van der Waals surface area contributed by atoms with E-state index < -0.39 is 18.5 Å². The number of carboxylic acid groups (broad SMARTS) is 1. The van der Waals surface area contributed by atoms with Gasteiger partial charge in [0.1, 0.15) is 5.75 Å². The molecular formula is C15H15BrF6N2O3. The Balaban J connectivity index is 0.000000445. The van der Waals surface area contributed by atoms with Gasteiger partial charge in [0, 0.05) is 24.1 Å². The van der Waals surface area contributed by atoms with Crippen molar-refractivity contribution < 1.29 is 41.0 Å². The molecule has 0 radical (unpaired) electrons. The van der Waals surface area contributed by atoms with E-state index in [9.17, 15) is 26.3 Å². The summed E-state index contributed by atoms with van der Waals surface area (Å²) in [5.41, 5.74) is 0.825. The number of carboxylic acids is 1. The zero-order valence-corrected chi connectivity index (χ0v) is 15.2. The number of carbonyl (C=O) groups is 1. The van der Waals surface area contributed by atoms with Gasteiger partial charge in [-0.2, -0.15) is 13.2 Å². The van der Waals surface area contributed by atoms with Gasteiger partial charge in [0.2, 0.25) is 0 Å². The lowest BCUT2D eigenvalue weighted by Crippen LogP contribution is -2.50. The lowest BCUT2D eigenvalue weighted by molar-refractivity contribution is -0.274. The van der Waals surface area contributed by atoms with Crippen LogP contribution in [0.2, 0.25) is 0 Å². The lowest BCUT2D eigenvalue weighted by atomic mass is 10.1. The Morgan fingerprint density at radius 1 is 1.33 bits per heavy atom. The van der Waals surface area contributed by atoms with Gasteiger partial charge in [0.15, 0.2) is 0 Å². The molecule has 0 aromatic heterocycles. The number of nitrogens with one attached hydrogen (secondary N) is 1. The zero-order chi connectivity index (χ0) is 20.8. The van der Waals surface area contributed by atoms with Gasteiger partial charge >= 0.3 is 18.5 Å². The van der Waals surface area contributed by atoms with E-state index in [-0.39, 0.29) is 11.8 Å². The van der Waals surface area contributed by atoms with Crippen LogP contribution in [-0.2, 0) is 4.79 Å². The van der Waals surface area contributed by atoms with Gasteiger partial charge < -0.3 is 20.1 Å². The number of benzene rings is 1. The van der Waals surface area contributed by atoms with E-state index in [2.05, 4.69) is 37.5 Å². The van der Waals surface area contributed by atoms with Crippen molar-refractivity contribution in [2.75, 3.05) is 24.5 Å². The maximum absolute atomic E-state index is 12.2. The van der Waals surface area contributed by atoms with Crippen LogP contribution in [0.3, 0.4) is 0 Å². The van der Waals surface area contributed by atoms with Crippen LogP contribution in [0.25, 0.3) is 0 Å². The van der Waals surface area contributed by atoms with Gasteiger partial charge in [-0.3, -0.25) is 0 Å². The Morgan fingerprint density at radius 3 is 2.37 bits per heavy atom. The third-order valence-electron chi connectivity index (χ3n) is 3.26. The number of ether oxygens (including phenoxy) is 1. The lowest BCUT2D eigenvalue weighted by Gasteiger charge is -2.37. The van der Waals surface area contributed by atoms with Crippen LogP contribution in [0, 0.1) is 0 Å². The average Bonchev–Trinajstić information content (AvgIpc) is 2.53. The second kappa shape index (κ2) is 9.31. The molecule has 1 aliphatic heterocycles. The minimum absolute atomic E-state index is 0.106. The molecule has 1 aliphatic rings. The summed E-state index contributed by atoms with van der Waals surface area (Å²) in [7, 11) is 0. The number of nitrogens with zero attached hydrogens (tertiary/aromatic N) is 1. The van der Waals surface area contributed by atoms with E-state index >= 15 is 0 Å². The molecule has 0 saturated carbocycles. The first-order chi connectivity index (χ1) is 12.3. The molecule has 2 rings (SSSR count). The topological polar surface area (TPSA) is 61.8 Å². The van der Waals surface area contributed by atoms with Crippen molar-refractivity contribution in [3.8, 4) is 5.75 Å². The third kappa shape index (κ3) is 7.67. The normalized spacial score (nSPS) is 17.6. The van der Waals surface area contributed by atoms with Crippen molar-refractivity contribution in [1.29, 1.82) is 0 Å². The smallest absolute Gasteiger partial charge is 0.475 e. The van der Waals surface area contributed by atoms with Gasteiger partial charge in [0.05, 0.1) is 11.7 Å². The SMILES string of the molecule is C=CC1CNCCN1c1ccc(OC(F)(F)F)cc1Br.O=C(O)C(F)(F)F. The predicted octanol–water partition coefficient (Wildman–Crippen LogP) is 3.95. The third-order valence-corrected chi connectivity index (χ3v) is 3.90. The second-order valence-electron chi connectivity index (χ2n) is 5.16. The highest BCUT2D eigenvalue weighted by Crippen LogP contribution is 2.34. The Labute approximate surface area is 158 Å². The molecule has 0 spiro atoms. The van der Waals surface area contributed by atoms with Crippen LogP contribution in [-0.4, -0.2) is 49.3 Å². The molecule has 152 valence electrons. The molecular weight excluding hydrogens is 450 g/mol.